The summed E-state index contributed by atoms with van der Waals surface area (Å²) in [5.74, 6) is 1.19. The van der Waals surface area contributed by atoms with E-state index in [2.05, 4.69) is 26.6 Å². The van der Waals surface area contributed by atoms with Crippen molar-refractivity contribution in [1.82, 2.24) is 10.6 Å². The molecule has 124 valence electrons. The van der Waals surface area contributed by atoms with Gasteiger partial charge in [-0.25, -0.2) is 0 Å². The summed E-state index contributed by atoms with van der Waals surface area (Å²) in [6.45, 7) is 2.16. The Morgan fingerprint density at radius 1 is 1.45 bits per heavy atom. The summed E-state index contributed by atoms with van der Waals surface area (Å²) in [4.78, 5) is 12.0. The average molecular weight is 396 g/mol. The van der Waals surface area contributed by atoms with Gasteiger partial charge in [0.15, 0.2) is 11.5 Å². The minimum atomic E-state index is -0.290. The van der Waals surface area contributed by atoms with E-state index in [1.807, 2.05) is 12.1 Å². The van der Waals surface area contributed by atoms with Crippen LogP contribution in [-0.2, 0) is 16.1 Å². The lowest BCUT2D eigenvalue weighted by molar-refractivity contribution is -0.126. The van der Waals surface area contributed by atoms with Gasteiger partial charge in [-0.1, -0.05) is 0 Å². The van der Waals surface area contributed by atoms with E-state index in [-0.39, 0.29) is 24.4 Å². The van der Waals surface area contributed by atoms with Crippen molar-refractivity contribution in [3.05, 3.63) is 22.2 Å². The largest absolute Gasteiger partial charge is 0.493 e. The molecule has 1 unspecified atom stereocenters. The van der Waals surface area contributed by atoms with Crippen molar-refractivity contribution in [3.8, 4) is 11.5 Å². The van der Waals surface area contributed by atoms with E-state index < -0.39 is 0 Å². The fraction of sp³-hybridized carbons (Fsp3) is 0.500. The third kappa shape index (κ3) is 4.74. The van der Waals surface area contributed by atoms with Crippen LogP contribution in [0.15, 0.2) is 16.6 Å². The first-order chi connectivity index (χ1) is 10.2. The molecule has 1 aromatic carbocycles. The zero-order valence-corrected chi connectivity index (χ0v) is 14.9. The Kier molecular flexibility index (Phi) is 7.95. The first kappa shape index (κ1) is 19.0. The minimum absolute atomic E-state index is 0. The van der Waals surface area contributed by atoms with Crippen molar-refractivity contribution in [1.29, 1.82) is 0 Å². The topological polar surface area (TPSA) is 68.8 Å². The van der Waals surface area contributed by atoms with Gasteiger partial charge in [0.2, 0.25) is 5.91 Å². The molecule has 8 heteroatoms. The molecule has 1 heterocycles. The summed E-state index contributed by atoms with van der Waals surface area (Å²) in [7, 11) is 3.16. The van der Waals surface area contributed by atoms with Gasteiger partial charge in [-0.3, -0.25) is 4.79 Å². The highest BCUT2D eigenvalue weighted by atomic mass is 79.9. The summed E-state index contributed by atoms with van der Waals surface area (Å²) in [6, 6.07) is 3.45. The third-order valence-corrected chi connectivity index (χ3v) is 3.79. The van der Waals surface area contributed by atoms with Gasteiger partial charge < -0.3 is 24.8 Å². The van der Waals surface area contributed by atoms with Gasteiger partial charge in [0, 0.05) is 13.1 Å². The lowest BCUT2D eigenvalue weighted by atomic mass is 10.2. The summed E-state index contributed by atoms with van der Waals surface area (Å²) in [5.41, 5.74) is 0.921. The third-order valence-electron chi connectivity index (χ3n) is 3.20. The highest BCUT2D eigenvalue weighted by molar-refractivity contribution is 9.10. The Bertz CT molecular complexity index is 510. The van der Waals surface area contributed by atoms with Gasteiger partial charge in [-0.15, -0.1) is 12.4 Å². The second-order valence-electron chi connectivity index (χ2n) is 4.61. The van der Waals surface area contributed by atoms with Gasteiger partial charge in [0.1, 0.15) is 6.04 Å². The van der Waals surface area contributed by atoms with E-state index in [0.29, 0.717) is 37.8 Å². The standard InChI is InChI=1S/C14H19BrN2O4.ClH/c1-19-12-6-9(5-10(15)13(12)20-2)7-17-14(18)11-8-21-4-3-16-11;/h5-6,11,16H,3-4,7-8H2,1-2H3,(H,17,18);1H. The Hall–Kier alpha value is -1.02. The van der Waals surface area contributed by atoms with Gasteiger partial charge in [0.25, 0.3) is 0 Å². The van der Waals surface area contributed by atoms with E-state index in [9.17, 15) is 4.79 Å². The van der Waals surface area contributed by atoms with Crippen LogP contribution < -0.4 is 20.1 Å². The van der Waals surface area contributed by atoms with E-state index in [0.717, 1.165) is 10.0 Å². The molecule has 22 heavy (non-hydrogen) atoms. The molecule has 0 spiro atoms. The normalized spacial score (nSPS) is 17.3. The molecule has 1 amide bonds. The summed E-state index contributed by atoms with van der Waals surface area (Å²) < 4.78 is 16.6. The molecule has 1 saturated heterocycles. The Morgan fingerprint density at radius 3 is 2.82 bits per heavy atom. The van der Waals surface area contributed by atoms with Crippen LogP contribution in [0.4, 0.5) is 0 Å². The van der Waals surface area contributed by atoms with Crippen LogP contribution >= 0.6 is 28.3 Å². The predicted octanol–water partition coefficient (Wildman–Crippen LogP) is 1.49. The molecule has 6 nitrogen and oxygen atoms in total. The highest BCUT2D eigenvalue weighted by Crippen LogP contribution is 2.36. The highest BCUT2D eigenvalue weighted by Gasteiger charge is 2.21. The van der Waals surface area contributed by atoms with Crippen LogP contribution in [0.3, 0.4) is 0 Å². The SMILES string of the molecule is COc1cc(CNC(=O)C2COCCN2)cc(Br)c1OC.Cl. The van der Waals surface area contributed by atoms with Crippen LogP contribution in [0.2, 0.25) is 0 Å². The van der Waals surface area contributed by atoms with Crippen molar-refractivity contribution >= 4 is 34.2 Å². The number of nitrogens with one attached hydrogen (secondary N) is 2. The fourth-order valence-electron chi connectivity index (χ4n) is 2.12. The Morgan fingerprint density at radius 2 is 2.23 bits per heavy atom. The molecular formula is C14H20BrClN2O4. The number of rotatable bonds is 5. The lowest BCUT2D eigenvalue weighted by Gasteiger charge is -2.23. The van der Waals surface area contributed by atoms with Crippen LogP contribution in [0.1, 0.15) is 5.56 Å². The quantitative estimate of drug-likeness (QED) is 0.791. The second-order valence-corrected chi connectivity index (χ2v) is 5.47. The van der Waals surface area contributed by atoms with Crippen LogP contribution in [0.25, 0.3) is 0 Å². The van der Waals surface area contributed by atoms with Gasteiger partial charge >= 0.3 is 0 Å². The molecule has 1 fully saturated rings. The smallest absolute Gasteiger partial charge is 0.239 e. The van der Waals surface area contributed by atoms with Crippen molar-refractivity contribution in [3.63, 3.8) is 0 Å². The Balaban J connectivity index is 0.00000242. The first-order valence-corrected chi connectivity index (χ1v) is 7.44. The monoisotopic (exact) mass is 394 g/mol. The zero-order chi connectivity index (χ0) is 15.2. The first-order valence-electron chi connectivity index (χ1n) is 6.65. The maximum absolute atomic E-state index is 12.0. The summed E-state index contributed by atoms with van der Waals surface area (Å²) in [6.07, 6.45) is 0. The minimum Gasteiger partial charge on any atom is -0.493 e. The fourth-order valence-corrected chi connectivity index (χ4v) is 2.77. The van der Waals surface area contributed by atoms with E-state index in [4.69, 9.17) is 14.2 Å². The summed E-state index contributed by atoms with van der Waals surface area (Å²) in [5, 5.41) is 6.00. The molecule has 2 rings (SSSR count). The molecule has 1 aliphatic rings. The number of carbonyl (C=O) groups is 1. The van der Waals surface area contributed by atoms with Gasteiger partial charge in [-0.05, 0) is 33.6 Å². The van der Waals surface area contributed by atoms with Crippen LogP contribution in [0.5, 0.6) is 11.5 Å². The van der Waals surface area contributed by atoms with Crippen molar-refractivity contribution in [2.75, 3.05) is 34.0 Å². The van der Waals surface area contributed by atoms with E-state index >= 15 is 0 Å². The zero-order valence-electron chi connectivity index (χ0n) is 12.5. The number of methoxy groups -OCH3 is 2. The molecule has 1 atom stereocenters. The van der Waals surface area contributed by atoms with Crippen molar-refractivity contribution < 1.29 is 19.0 Å². The van der Waals surface area contributed by atoms with Crippen LogP contribution in [-0.4, -0.2) is 45.9 Å². The number of hydrogen-bond donors (Lipinski definition) is 2. The van der Waals surface area contributed by atoms with Gasteiger partial charge in [-0.2, -0.15) is 0 Å². The van der Waals surface area contributed by atoms with Crippen molar-refractivity contribution in [2.24, 2.45) is 0 Å². The van der Waals surface area contributed by atoms with E-state index in [1.165, 1.54) is 0 Å². The predicted molar refractivity (Wildman–Crippen MR) is 89.0 cm³/mol. The van der Waals surface area contributed by atoms with Crippen LogP contribution in [0, 0.1) is 0 Å². The molecular weight excluding hydrogens is 376 g/mol. The molecule has 1 aliphatic heterocycles. The number of ether oxygens (including phenoxy) is 3. The number of morpholine rings is 1. The molecule has 2 N–H and O–H groups in total. The average Bonchev–Trinajstić information content (AvgIpc) is 2.52. The van der Waals surface area contributed by atoms with Crippen molar-refractivity contribution in [2.45, 2.75) is 12.6 Å². The lowest BCUT2D eigenvalue weighted by Crippen LogP contribution is -2.51. The number of hydrogen-bond acceptors (Lipinski definition) is 5. The molecule has 0 radical (unpaired) electrons. The number of halogens is 2. The molecule has 0 bridgehead atoms. The molecule has 0 aliphatic carbocycles. The maximum atomic E-state index is 12.0. The molecule has 0 saturated carbocycles. The van der Waals surface area contributed by atoms with Gasteiger partial charge in [0.05, 0.1) is 31.9 Å². The molecule has 0 aromatic heterocycles. The number of benzene rings is 1. The second kappa shape index (κ2) is 9.19. The molecule has 1 aromatic rings. The maximum Gasteiger partial charge on any atom is 0.239 e. The summed E-state index contributed by atoms with van der Waals surface area (Å²) >= 11 is 3.43. The number of carbonyl (C=O) groups excluding carboxylic acids is 1. The van der Waals surface area contributed by atoms with E-state index in [1.54, 1.807) is 14.2 Å². The Labute approximate surface area is 144 Å². The number of amides is 1.